The molecule has 5 heteroatoms. The van der Waals surface area contributed by atoms with E-state index in [1.165, 1.54) is 56.1 Å². The van der Waals surface area contributed by atoms with E-state index in [2.05, 4.69) is 22.3 Å². The summed E-state index contributed by atoms with van der Waals surface area (Å²) in [6.07, 6.45) is 3.90. The third-order valence-corrected chi connectivity index (χ3v) is 4.74. The van der Waals surface area contributed by atoms with Gasteiger partial charge in [-0.05, 0) is 55.3 Å². The van der Waals surface area contributed by atoms with E-state index in [-0.39, 0.29) is 5.56 Å². The number of benzene rings is 2. The first kappa shape index (κ1) is 17.9. The van der Waals surface area contributed by atoms with E-state index in [0.29, 0.717) is 11.6 Å². The molecule has 0 aromatic heterocycles. The van der Waals surface area contributed by atoms with E-state index < -0.39 is 11.7 Å². The van der Waals surface area contributed by atoms with Crippen molar-refractivity contribution in [1.82, 2.24) is 10.2 Å². The number of carbonyl (C=O) groups excluding carboxylic acids is 1. The van der Waals surface area contributed by atoms with Crippen molar-refractivity contribution >= 4 is 17.5 Å². The van der Waals surface area contributed by atoms with Gasteiger partial charge in [0, 0.05) is 18.1 Å². The van der Waals surface area contributed by atoms with Gasteiger partial charge in [0.05, 0.1) is 5.56 Å². The number of hydrogen-bond acceptors (Lipinski definition) is 2. The highest BCUT2D eigenvalue weighted by Gasteiger charge is 2.12. The first-order valence-electron chi connectivity index (χ1n) is 8.65. The topological polar surface area (TPSA) is 32.3 Å². The summed E-state index contributed by atoms with van der Waals surface area (Å²) in [6, 6.07) is 12.2. The van der Waals surface area contributed by atoms with Gasteiger partial charge in [-0.1, -0.05) is 42.3 Å². The Hall–Kier alpha value is -1.91. The Morgan fingerprint density at radius 3 is 2.44 bits per heavy atom. The molecule has 0 bridgehead atoms. The lowest BCUT2D eigenvalue weighted by atomic mass is 10.1. The van der Waals surface area contributed by atoms with Crippen molar-refractivity contribution in [3.63, 3.8) is 0 Å². The largest absolute Gasteiger partial charge is 0.348 e. The average Bonchev–Trinajstić information content (AvgIpc) is 2.64. The van der Waals surface area contributed by atoms with E-state index in [1.54, 1.807) is 0 Å². The summed E-state index contributed by atoms with van der Waals surface area (Å²) in [5.41, 5.74) is 2.23. The van der Waals surface area contributed by atoms with Crippen LogP contribution in [0.3, 0.4) is 0 Å². The number of nitrogens with zero attached hydrogens (tertiary/aromatic N) is 1. The number of carbonyl (C=O) groups is 1. The number of nitrogens with one attached hydrogen (secondary N) is 1. The van der Waals surface area contributed by atoms with Crippen LogP contribution in [0, 0.1) is 5.82 Å². The van der Waals surface area contributed by atoms with Gasteiger partial charge in [-0.2, -0.15) is 0 Å². The van der Waals surface area contributed by atoms with Crippen molar-refractivity contribution in [2.45, 2.75) is 32.4 Å². The molecule has 1 amide bonds. The summed E-state index contributed by atoms with van der Waals surface area (Å²) in [5.74, 6) is -1.03. The molecule has 3 rings (SSSR count). The predicted molar refractivity (Wildman–Crippen MR) is 98.2 cm³/mol. The minimum absolute atomic E-state index is 0.0331. The number of hydrogen-bond donors (Lipinski definition) is 1. The fourth-order valence-electron chi connectivity index (χ4n) is 3.09. The van der Waals surface area contributed by atoms with Crippen LogP contribution in [0.5, 0.6) is 0 Å². The second kappa shape index (κ2) is 8.45. The van der Waals surface area contributed by atoms with Gasteiger partial charge < -0.3 is 5.32 Å². The minimum Gasteiger partial charge on any atom is -0.348 e. The zero-order valence-electron chi connectivity index (χ0n) is 14.1. The maximum atomic E-state index is 13.7. The molecule has 132 valence electrons. The Labute approximate surface area is 152 Å². The van der Waals surface area contributed by atoms with Crippen molar-refractivity contribution in [2.75, 3.05) is 13.1 Å². The first-order chi connectivity index (χ1) is 12.1. The van der Waals surface area contributed by atoms with Crippen molar-refractivity contribution < 1.29 is 9.18 Å². The Balaban J connectivity index is 1.54. The molecule has 1 saturated heterocycles. The highest BCUT2D eigenvalue weighted by molar-refractivity contribution is 6.31. The highest BCUT2D eigenvalue weighted by atomic mass is 35.5. The van der Waals surface area contributed by atoms with Gasteiger partial charge in [-0.3, -0.25) is 9.69 Å². The van der Waals surface area contributed by atoms with Gasteiger partial charge >= 0.3 is 0 Å². The lowest BCUT2D eigenvalue weighted by Gasteiger charge is -2.26. The Morgan fingerprint density at radius 2 is 1.72 bits per heavy atom. The van der Waals surface area contributed by atoms with Crippen LogP contribution in [-0.2, 0) is 13.1 Å². The molecule has 3 nitrogen and oxygen atoms in total. The molecular weight excluding hydrogens is 339 g/mol. The molecule has 25 heavy (non-hydrogen) atoms. The Morgan fingerprint density at radius 1 is 1.04 bits per heavy atom. The molecule has 0 unspecified atom stereocenters. The van der Waals surface area contributed by atoms with Gasteiger partial charge in [0.15, 0.2) is 0 Å². The van der Waals surface area contributed by atoms with Gasteiger partial charge in [0.2, 0.25) is 0 Å². The van der Waals surface area contributed by atoms with Crippen LogP contribution in [0.25, 0.3) is 0 Å². The smallest absolute Gasteiger partial charge is 0.254 e. The standard InChI is InChI=1S/C20H22ClFN2O/c21-17-8-9-19(22)18(12-17)20(25)23-13-15-4-6-16(7-5-15)14-24-10-2-1-3-11-24/h4-9,12H,1-3,10-11,13-14H2,(H,23,25). The van der Waals surface area contributed by atoms with Crippen molar-refractivity contribution in [3.05, 3.63) is 70.0 Å². The molecule has 0 atom stereocenters. The highest BCUT2D eigenvalue weighted by Crippen LogP contribution is 2.16. The fraction of sp³-hybridized carbons (Fsp3) is 0.350. The molecule has 0 aliphatic carbocycles. The lowest BCUT2D eigenvalue weighted by Crippen LogP contribution is -2.29. The number of piperidine rings is 1. The SMILES string of the molecule is O=C(NCc1ccc(CN2CCCCC2)cc1)c1cc(Cl)ccc1F. The van der Waals surface area contributed by atoms with Crippen LogP contribution < -0.4 is 5.32 Å². The van der Waals surface area contributed by atoms with Crippen LogP contribution in [0.2, 0.25) is 5.02 Å². The van der Waals surface area contributed by atoms with E-state index in [9.17, 15) is 9.18 Å². The quantitative estimate of drug-likeness (QED) is 0.857. The molecule has 1 aliphatic heterocycles. The summed E-state index contributed by atoms with van der Waals surface area (Å²) in [6.45, 7) is 3.67. The van der Waals surface area contributed by atoms with Gasteiger partial charge in [-0.15, -0.1) is 0 Å². The molecule has 1 fully saturated rings. The zero-order valence-corrected chi connectivity index (χ0v) is 14.9. The maximum Gasteiger partial charge on any atom is 0.254 e. The van der Waals surface area contributed by atoms with E-state index in [4.69, 9.17) is 11.6 Å². The number of halogens is 2. The molecule has 1 aliphatic rings. The molecule has 0 radical (unpaired) electrons. The van der Waals surface area contributed by atoms with Crippen molar-refractivity contribution in [1.29, 1.82) is 0 Å². The molecule has 0 spiro atoms. The predicted octanol–water partition coefficient (Wildman–Crippen LogP) is 4.40. The number of likely N-dealkylation sites (tertiary alicyclic amines) is 1. The summed E-state index contributed by atoms with van der Waals surface area (Å²) in [4.78, 5) is 14.6. The minimum atomic E-state index is -0.571. The van der Waals surface area contributed by atoms with Crippen LogP contribution in [-0.4, -0.2) is 23.9 Å². The Bertz CT molecular complexity index is 727. The molecule has 2 aromatic carbocycles. The third kappa shape index (κ3) is 5.03. The average molecular weight is 361 g/mol. The monoisotopic (exact) mass is 360 g/mol. The van der Waals surface area contributed by atoms with Crippen molar-refractivity contribution in [2.24, 2.45) is 0 Å². The summed E-state index contributed by atoms with van der Waals surface area (Å²) in [7, 11) is 0. The van der Waals surface area contributed by atoms with Crippen LogP contribution in [0.15, 0.2) is 42.5 Å². The third-order valence-electron chi connectivity index (χ3n) is 4.50. The molecular formula is C20H22ClFN2O. The fourth-order valence-corrected chi connectivity index (χ4v) is 3.26. The van der Waals surface area contributed by atoms with Crippen LogP contribution >= 0.6 is 11.6 Å². The van der Waals surface area contributed by atoms with Gasteiger partial charge in [-0.25, -0.2) is 4.39 Å². The maximum absolute atomic E-state index is 13.7. The summed E-state index contributed by atoms with van der Waals surface area (Å²) < 4.78 is 13.7. The molecule has 1 heterocycles. The van der Waals surface area contributed by atoms with Gasteiger partial charge in [0.25, 0.3) is 5.91 Å². The van der Waals surface area contributed by atoms with Gasteiger partial charge in [0.1, 0.15) is 5.82 Å². The normalized spacial score (nSPS) is 15.1. The molecule has 2 aromatic rings. The van der Waals surface area contributed by atoms with E-state index in [0.717, 1.165) is 12.1 Å². The van der Waals surface area contributed by atoms with E-state index >= 15 is 0 Å². The molecule has 1 N–H and O–H groups in total. The van der Waals surface area contributed by atoms with Crippen LogP contribution in [0.4, 0.5) is 4.39 Å². The summed E-state index contributed by atoms with van der Waals surface area (Å²) >= 11 is 5.82. The second-order valence-electron chi connectivity index (χ2n) is 6.46. The first-order valence-corrected chi connectivity index (χ1v) is 9.03. The Kier molecular flexibility index (Phi) is 6.05. The second-order valence-corrected chi connectivity index (χ2v) is 6.90. The molecule has 0 saturated carbocycles. The number of amides is 1. The summed E-state index contributed by atoms with van der Waals surface area (Å²) in [5, 5.41) is 3.08. The number of rotatable bonds is 5. The van der Waals surface area contributed by atoms with E-state index in [1.807, 2.05) is 12.1 Å². The van der Waals surface area contributed by atoms with Crippen molar-refractivity contribution in [3.8, 4) is 0 Å². The van der Waals surface area contributed by atoms with Crippen LogP contribution in [0.1, 0.15) is 40.7 Å². The zero-order chi connectivity index (χ0) is 17.6. The lowest BCUT2D eigenvalue weighted by molar-refractivity contribution is 0.0947.